The zero-order valence-electron chi connectivity index (χ0n) is 9.45. The Kier molecular flexibility index (Phi) is 4.30. The fourth-order valence-electron chi connectivity index (χ4n) is 1.12. The van der Waals surface area contributed by atoms with Gasteiger partial charge in [0.15, 0.2) is 0 Å². The van der Waals surface area contributed by atoms with Crippen molar-refractivity contribution in [2.24, 2.45) is 0 Å². The third-order valence-electron chi connectivity index (χ3n) is 2.03. The van der Waals surface area contributed by atoms with Gasteiger partial charge in [0.05, 0.1) is 0 Å². The molecular weight excluding hydrogens is 192 g/mol. The van der Waals surface area contributed by atoms with E-state index in [0.29, 0.717) is 6.54 Å². The lowest BCUT2D eigenvalue weighted by atomic mass is 10.4. The summed E-state index contributed by atoms with van der Waals surface area (Å²) in [6.07, 6.45) is 2.70. The smallest absolute Gasteiger partial charge is 0.241 e. The molecular formula is C10H17N4O. The molecule has 0 atom stereocenters. The third-order valence-corrected chi connectivity index (χ3v) is 2.03. The molecule has 0 bridgehead atoms. The summed E-state index contributed by atoms with van der Waals surface area (Å²) in [7, 11) is 3.94. The molecule has 0 aromatic carbocycles. The number of hydrogen-bond donors (Lipinski definition) is 1. The quantitative estimate of drug-likeness (QED) is 0.722. The number of aromatic nitrogens is 2. The van der Waals surface area contributed by atoms with Crippen LogP contribution >= 0.6 is 0 Å². The molecule has 15 heavy (non-hydrogen) atoms. The van der Waals surface area contributed by atoms with Gasteiger partial charge in [-0.2, -0.15) is 5.10 Å². The Hall–Kier alpha value is -1.36. The second kappa shape index (κ2) is 5.50. The standard InChI is InChI=1S/C10H17N4O/c1-9-4-5-12-14(9)8-10(15)11-6-7-13(2)3/h4H,6-8H2,1-3H3,(H,11,15). The van der Waals surface area contributed by atoms with E-state index in [2.05, 4.69) is 16.6 Å². The first kappa shape index (κ1) is 11.7. The number of carbonyl (C=O) groups is 1. The van der Waals surface area contributed by atoms with Gasteiger partial charge >= 0.3 is 0 Å². The highest BCUT2D eigenvalue weighted by atomic mass is 16.2. The summed E-state index contributed by atoms with van der Waals surface area (Å²) >= 11 is 0. The van der Waals surface area contributed by atoms with Gasteiger partial charge in [0, 0.05) is 18.8 Å². The Morgan fingerprint density at radius 1 is 1.67 bits per heavy atom. The van der Waals surface area contributed by atoms with Crippen LogP contribution in [0.25, 0.3) is 0 Å². The lowest BCUT2D eigenvalue weighted by molar-refractivity contribution is -0.121. The number of amides is 1. The number of hydrogen-bond acceptors (Lipinski definition) is 3. The highest BCUT2D eigenvalue weighted by Gasteiger charge is 2.04. The predicted octanol–water partition coefficient (Wildman–Crippen LogP) is -0.330. The van der Waals surface area contributed by atoms with E-state index in [1.54, 1.807) is 10.7 Å². The number of carbonyl (C=O) groups excluding carboxylic acids is 1. The maximum atomic E-state index is 11.4. The zero-order chi connectivity index (χ0) is 11.3. The summed E-state index contributed by atoms with van der Waals surface area (Å²) in [4.78, 5) is 13.5. The molecule has 1 aromatic heterocycles. The lowest BCUT2D eigenvalue weighted by Crippen LogP contribution is -2.33. The first-order valence-electron chi connectivity index (χ1n) is 4.91. The first-order chi connectivity index (χ1) is 7.09. The second-order valence-corrected chi connectivity index (χ2v) is 3.73. The van der Waals surface area contributed by atoms with Crippen molar-refractivity contribution in [3.8, 4) is 0 Å². The number of aryl methyl sites for hydroxylation is 1. The SMILES string of the molecule is Cc1c[c]nn1CC(=O)NCCN(C)C. The van der Waals surface area contributed by atoms with Gasteiger partial charge in [-0.15, -0.1) is 0 Å². The monoisotopic (exact) mass is 209 g/mol. The molecule has 0 spiro atoms. The minimum Gasteiger partial charge on any atom is -0.353 e. The number of rotatable bonds is 5. The normalized spacial score (nSPS) is 10.7. The number of nitrogens with one attached hydrogen (secondary N) is 1. The highest BCUT2D eigenvalue weighted by molar-refractivity contribution is 5.75. The molecule has 0 unspecified atom stereocenters. The predicted molar refractivity (Wildman–Crippen MR) is 57.4 cm³/mol. The van der Waals surface area contributed by atoms with E-state index in [0.717, 1.165) is 12.2 Å². The van der Waals surface area contributed by atoms with Crippen molar-refractivity contribution in [1.82, 2.24) is 20.0 Å². The van der Waals surface area contributed by atoms with Crippen LogP contribution in [0.1, 0.15) is 5.69 Å². The molecule has 0 aliphatic rings. The maximum absolute atomic E-state index is 11.4. The van der Waals surface area contributed by atoms with Crippen LogP contribution in [0.15, 0.2) is 6.07 Å². The van der Waals surface area contributed by atoms with Crippen molar-refractivity contribution in [1.29, 1.82) is 0 Å². The van der Waals surface area contributed by atoms with Gasteiger partial charge in [-0.1, -0.05) is 0 Å². The van der Waals surface area contributed by atoms with Crippen LogP contribution in [0.5, 0.6) is 0 Å². The Balaban J connectivity index is 2.28. The number of likely N-dealkylation sites (N-methyl/N-ethyl adjacent to an activating group) is 1. The van der Waals surface area contributed by atoms with Gasteiger partial charge < -0.3 is 10.2 Å². The average molecular weight is 209 g/mol. The van der Waals surface area contributed by atoms with Crippen LogP contribution in [-0.2, 0) is 11.3 Å². The highest BCUT2D eigenvalue weighted by Crippen LogP contribution is 1.93. The first-order valence-corrected chi connectivity index (χ1v) is 4.91. The minimum absolute atomic E-state index is 0.0166. The Morgan fingerprint density at radius 3 is 2.93 bits per heavy atom. The van der Waals surface area contributed by atoms with Gasteiger partial charge in [0.25, 0.3) is 0 Å². The Bertz CT molecular complexity index is 319. The molecule has 1 N–H and O–H groups in total. The zero-order valence-corrected chi connectivity index (χ0v) is 9.45. The van der Waals surface area contributed by atoms with E-state index >= 15 is 0 Å². The molecule has 0 saturated heterocycles. The van der Waals surface area contributed by atoms with Crippen LogP contribution in [-0.4, -0.2) is 47.8 Å². The van der Waals surface area contributed by atoms with E-state index in [1.807, 2.05) is 25.9 Å². The van der Waals surface area contributed by atoms with Crippen molar-refractivity contribution in [3.63, 3.8) is 0 Å². The molecule has 0 aliphatic heterocycles. The summed E-state index contributed by atoms with van der Waals surface area (Å²) in [5, 5.41) is 6.74. The van der Waals surface area contributed by atoms with E-state index in [-0.39, 0.29) is 12.5 Å². The second-order valence-electron chi connectivity index (χ2n) is 3.73. The summed E-state index contributed by atoms with van der Waals surface area (Å²) in [6.45, 7) is 3.67. The van der Waals surface area contributed by atoms with Gasteiger partial charge in [-0.05, 0) is 27.1 Å². The molecule has 1 radical (unpaired) electrons. The molecule has 5 nitrogen and oxygen atoms in total. The van der Waals surface area contributed by atoms with E-state index in [9.17, 15) is 4.79 Å². The van der Waals surface area contributed by atoms with Gasteiger partial charge in [0.2, 0.25) is 5.91 Å². The van der Waals surface area contributed by atoms with Crippen LogP contribution in [0, 0.1) is 13.1 Å². The Morgan fingerprint density at radius 2 is 2.40 bits per heavy atom. The maximum Gasteiger partial charge on any atom is 0.241 e. The van der Waals surface area contributed by atoms with Crippen molar-refractivity contribution in [2.45, 2.75) is 13.5 Å². The van der Waals surface area contributed by atoms with Crippen molar-refractivity contribution < 1.29 is 4.79 Å². The molecule has 1 heterocycles. The Labute approximate surface area is 90.1 Å². The van der Waals surface area contributed by atoms with Crippen LogP contribution in [0.3, 0.4) is 0 Å². The number of nitrogens with zero attached hydrogens (tertiary/aromatic N) is 3. The molecule has 0 saturated carbocycles. The van der Waals surface area contributed by atoms with Gasteiger partial charge in [0.1, 0.15) is 12.7 Å². The summed E-state index contributed by atoms with van der Waals surface area (Å²) < 4.78 is 1.63. The van der Waals surface area contributed by atoms with Crippen molar-refractivity contribution >= 4 is 5.91 Å². The average Bonchev–Trinajstić information content (AvgIpc) is 2.51. The molecule has 1 aromatic rings. The van der Waals surface area contributed by atoms with Crippen molar-refractivity contribution in [3.05, 3.63) is 18.0 Å². The molecule has 0 fully saturated rings. The summed E-state index contributed by atoms with van der Waals surface area (Å²) in [5.41, 5.74) is 0.942. The van der Waals surface area contributed by atoms with Gasteiger partial charge in [-0.25, -0.2) is 0 Å². The third kappa shape index (κ3) is 4.12. The van der Waals surface area contributed by atoms with E-state index in [4.69, 9.17) is 0 Å². The van der Waals surface area contributed by atoms with E-state index in [1.165, 1.54) is 0 Å². The summed E-state index contributed by atoms with van der Waals surface area (Å²) in [5.74, 6) is -0.0166. The van der Waals surface area contributed by atoms with E-state index < -0.39 is 0 Å². The van der Waals surface area contributed by atoms with Crippen LogP contribution in [0.2, 0.25) is 0 Å². The van der Waals surface area contributed by atoms with Crippen molar-refractivity contribution in [2.75, 3.05) is 27.2 Å². The molecule has 1 amide bonds. The molecule has 1 rings (SSSR count). The molecule has 5 heteroatoms. The largest absolute Gasteiger partial charge is 0.353 e. The van der Waals surface area contributed by atoms with Crippen LogP contribution in [0.4, 0.5) is 0 Å². The molecule has 0 aliphatic carbocycles. The molecule has 83 valence electrons. The van der Waals surface area contributed by atoms with Crippen LogP contribution < -0.4 is 5.32 Å². The topological polar surface area (TPSA) is 50.2 Å². The van der Waals surface area contributed by atoms with Gasteiger partial charge in [-0.3, -0.25) is 9.48 Å². The lowest BCUT2D eigenvalue weighted by Gasteiger charge is -2.10. The summed E-state index contributed by atoms with van der Waals surface area (Å²) in [6, 6.07) is 1.76. The fraction of sp³-hybridized carbons (Fsp3) is 0.600. The fourth-order valence-corrected chi connectivity index (χ4v) is 1.12. The minimum atomic E-state index is -0.0166.